The van der Waals surface area contributed by atoms with Crippen LogP contribution in [-0.4, -0.2) is 84.2 Å². The number of anilines is 1. The lowest BCUT2D eigenvalue weighted by Gasteiger charge is -2.36. The zero-order chi connectivity index (χ0) is 15.8. The molecule has 3 saturated heterocycles. The third-order valence-corrected chi connectivity index (χ3v) is 5.12. The second-order valence-electron chi connectivity index (χ2n) is 6.72. The van der Waals surface area contributed by atoms with Crippen molar-refractivity contribution >= 4 is 11.9 Å². The number of likely N-dealkylation sites (N-methyl/N-ethyl adjacent to an activating group) is 1. The van der Waals surface area contributed by atoms with Crippen LogP contribution in [0.25, 0.3) is 0 Å². The normalized spacial score (nSPS) is 31.4. The molecule has 4 rings (SSSR count). The van der Waals surface area contributed by atoms with E-state index in [2.05, 4.69) is 26.8 Å². The van der Waals surface area contributed by atoms with Crippen molar-refractivity contribution in [1.82, 2.24) is 19.8 Å². The standard InChI is InChI=1S/C16H23N5O2/c1-19-5-7-20(8-6-19)15(22)13-9-12-10-21(11-14(13)23-12)16-17-3-2-4-18-16/h2-4,12-14H,5-11H2,1H3/t12-,13-,14+/m0/s1. The minimum absolute atomic E-state index is 0.0166. The van der Waals surface area contributed by atoms with Gasteiger partial charge in [0, 0.05) is 51.7 Å². The first-order valence-corrected chi connectivity index (χ1v) is 8.35. The van der Waals surface area contributed by atoms with Crippen LogP contribution in [0.15, 0.2) is 18.5 Å². The monoisotopic (exact) mass is 317 g/mol. The van der Waals surface area contributed by atoms with Crippen LogP contribution >= 0.6 is 0 Å². The molecule has 23 heavy (non-hydrogen) atoms. The summed E-state index contributed by atoms with van der Waals surface area (Å²) in [7, 11) is 2.10. The van der Waals surface area contributed by atoms with Crippen molar-refractivity contribution in [3.8, 4) is 0 Å². The average Bonchev–Trinajstić information content (AvgIpc) is 2.89. The Balaban J connectivity index is 1.43. The predicted octanol–water partition coefficient (Wildman–Crippen LogP) is -0.156. The first-order chi connectivity index (χ1) is 11.2. The Kier molecular flexibility index (Phi) is 3.90. The Labute approximate surface area is 136 Å². The molecule has 3 fully saturated rings. The van der Waals surface area contributed by atoms with Crippen LogP contribution in [0.3, 0.4) is 0 Å². The van der Waals surface area contributed by atoms with Crippen LogP contribution in [0.5, 0.6) is 0 Å². The topological polar surface area (TPSA) is 61.8 Å². The van der Waals surface area contributed by atoms with E-state index in [4.69, 9.17) is 4.74 Å². The SMILES string of the molecule is CN1CCN(C(=O)[C@H]2C[C@H]3CN(c4ncccn4)C[C@H]2O3)CC1. The molecule has 0 radical (unpaired) electrons. The number of fused-ring (bicyclic) bond motifs is 2. The van der Waals surface area contributed by atoms with Crippen molar-refractivity contribution in [3.63, 3.8) is 0 Å². The van der Waals surface area contributed by atoms with Gasteiger partial charge in [0.05, 0.1) is 18.1 Å². The number of morpholine rings is 1. The summed E-state index contributed by atoms with van der Waals surface area (Å²) >= 11 is 0. The lowest BCUT2D eigenvalue weighted by Crippen LogP contribution is -2.51. The molecule has 0 aliphatic carbocycles. The fourth-order valence-corrected chi connectivity index (χ4v) is 3.80. The van der Waals surface area contributed by atoms with E-state index in [0.717, 1.165) is 45.1 Å². The Hall–Kier alpha value is -1.73. The number of amides is 1. The highest BCUT2D eigenvalue weighted by Crippen LogP contribution is 2.34. The summed E-state index contributed by atoms with van der Waals surface area (Å²) in [6, 6.07) is 1.82. The Bertz CT molecular complexity index is 561. The molecule has 0 unspecified atom stereocenters. The largest absolute Gasteiger partial charge is 0.370 e. The maximum atomic E-state index is 12.9. The van der Waals surface area contributed by atoms with Crippen molar-refractivity contribution in [2.24, 2.45) is 5.92 Å². The van der Waals surface area contributed by atoms with E-state index in [9.17, 15) is 4.79 Å². The molecule has 3 atom stereocenters. The summed E-state index contributed by atoms with van der Waals surface area (Å²) in [4.78, 5) is 27.9. The molecule has 124 valence electrons. The first-order valence-electron chi connectivity index (χ1n) is 8.35. The lowest BCUT2D eigenvalue weighted by atomic mass is 9.98. The smallest absolute Gasteiger partial charge is 0.228 e. The highest BCUT2D eigenvalue weighted by Gasteiger charge is 2.46. The third-order valence-electron chi connectivity index (χ3n) is 5.12. The van der Waals surface area contributed by atoms with Gasteiger partial charge in [0.1, 0.15) is 0 Å². The van der Waals surface area contributed by atoms with Crippen LogP contribution in [0.4, 0.5) is 5.95 Å². The molecule has 7 nitrogen and oxygen atoms in total. The molecule has 0 saturated carbocycles. The van der Waals surface area contributed by atoms with Crippen LogP contribution in [-0.2, 0) is 9.53 Å². The van der Waals surface area contributed by atoms with E-state index >= 15 is 0 Å². The summed E-state index contributed by atoms with van der Waals surface area (Å²) in [6.45, 7) is 5.04. The highest BCUT2D eigenvalue weighted by atomic mass is 16.5. The van der Waals surface area contributed by atoms with E-state index in [1.807, 2.05) is 11.0 Å². The van der Waals surface area contributed by atoms with Gasteiger partial charge in [0.2, 0.25) is 11.9 Å². The molecule has 3 aliphatic heterocycles. The number of carbonyl (C=O) groups is 1. The molecule has 3 aliphatic rings. The summed E-state index contributed by atoms with van der Waals surface area (Å²) in [6.07, 6.45) is 4.40. The molecular weight excluding hydrogens is 294 g/mol. The maximum Gasteiger partial charge on any atom is 0.228 e. The van der Waals surface area contributed by atoms with Gasteiger partial charge in [-0.3, -0.25) is 4.79 Å². The van der Waals surface area contributed by atoms with Gasteiger partial charge in [0.25, 0.3) is 0 Å². The molecule has 0 spiro atoms. The van der Waals surface area contributed by atoms with E-state index in [-0.39, 0.29) is 24.0 Å². The van der Waals surface area contributed by atoms with Gasteiger partial charge in [-0.1, -0.05) is 0 Å². The fraction of sp³-hybridized carbons (Fsp3) is 0.688. The molecule has 0 N–H and O–H groups in total. The molecule has 0 aromatic carbocycles. The number of piperazine rings is 1. The maximum absolute atomic E-state index is 12.9. The van der Waals surface area contributed by atoms with Crippen molar-refractivity contribution in [2.45, 2.75) is 18.6 Å². The molecular formula is C16H23N5O2. The summed E-state index contributed by atoms with van der Waals surface area (Å²) in [5, 5.41) is 0. The van der Waals surface area contributed by atoms with Crippen molar-refractivity contribution < 1.29 is 9.53 Å². The number of aromatic nitrogens is 2. The second kappa shape index (κ2) is 6.05. The van der Waals surface area contributed by atoms with Gasteiger partial charge in [0.15, 0.2) is 0 Å². The van der Waals surface area contributed by atoms with Gasteiger partial charge in [-0.15, -0.1) is 0 Å². The second-order valence-corrected chi connectivity index (χ2v) is 6.72. The molecule has 1 aromatic heterocycles. The Morgan fingerprint density at radius 1 is 1.17 bits per heavy atom. The quantitative estimate of drug-likeness (QED) is 0.756. The minimum atomic E-state index is -0.0373. The summed E-state index contributed by atoms with van der Waals surface area (Å²) in [5.41, 5.74) is 0. The molecule has 1 aromatic rings. The van der Waals surface area contributed by atoms with Gasteiger partial charge >= 0.3 is 0 Å². The average molecular weight is 317 g/mol. The van der Waals surface area contributed by atoms with Gasteiger partial charge in [-0.05, 0) is 19.5 Å². The van der Waals surface area contributed by atoms with Gasteiger partial charge in [-0.25, -0.2) is 9.97 Å². The van der Waals surface area contributed by atoms with Gasteiger partial charge < -0.3 is 19.4 Å². The number of hydrogen-bond donors (Lipinski definition) is 0. The van der Waals surface area contributed by atoms with Crippen LogP contribution in [0.1, 0.15) is 6.42 Å². The number of ether oxygens (including phenoxy) is 1. The molecule has 4 heterocycles. The zero-order valence-corrected chi connectivity index (χ0v) is 13.5. The Morgan fingerprint density at radius 2 is 1.91 bits per heavy atom. The van der Waals surface area contributed by atoms with Crippen LogP contribution < -0.4 is 4.90 Å². The van der Waals surface area contributed by atoms with Crippen molar-refractivity contribution in [1.29, 1.82) is 0 Å². The molecule has 2 bridgehead atoms. The lowest BCUT2D eigenvalue weighted by molar-refractivity contribution is -0.139. The molecule has 7 heteroatoms. The van der Waals surface area contributed by atoms with Crippen LogP contribution in [0.2, 0.25) is 0 Å². The van der Waals surface area contributed by atoms with E-state index in [1.165, 1.54) is 0 Å². The number of rotatable bonds is 2. The highest BCUT2D eigenvalue weighted by molar-refractivity contribution is 5.80. The number of hydrogen-bond acceptors (Lipinski definition) is 6. The van der Waals surface area contributed by atoms with Gasteiger partial charge in [-0.2, -0.15) is 0 Å². The number of nitrogens with zero attached hydrogens (tertiary/aromatic N) is 5. The predicted molar refractivity (Wildman–Crippen MR) is 85.1 cm³/mol. The van der Waals surface area contributed by atoms with E-state index < -0.39 is 0 Å². The third kappa shape index (κ3) is 2.90. The minimum Gasteiger partial charge on any atom is -0.370 e. The van der Waals surface area contributed by atoms with Crippen molar-refractivity contribution in [3.05, 3.63) is 18.5 Å². The summed E-state index contributed by atoms with van der Waals surface area (Å²) < 4.78 is 6.04. The van der Waals surface area contributed by atoms with Crippen molar-refractivity contribution in [2.75, 3.05) is 51.2 Å². The number of carbonyl (C=O) groups excluding carboxylic acids is 1. The fourth-order valence-electron chi connectivity index (χ4n) is 3.80. The van der Waals surface area contributed by atoms with Crippen LogP contribution in [0, 0.1) is 5.92 Å². The molecule has 1 amide bonds. The Morgan fingerprint density at radius 3 is 2.65 bits per heavy atom. The summed E-state index contributed by atoms with van der Waals surface area (Å²) in [5.74, 6) is 0.983. The first kappa shape index (κ1) is 14.8. The van der Waals surface area contributed by atoms with E-state index in [1.54, 1.807) is 12.4 Å². The van der Waals surface area contributed by atoms with E-state index in [0.29, 0.717) is 6.54 Å². The zero-order valence-electron chi connectivity index (χ0n) is 13.5.